The number of hydrogen-bond donors (Lipinski definition) is 1. The number of fused-ring (bicyclic) bond motifs is 1. The van der Waals surface area contributed by atoms with E-state index in [1.165, 1.54) is 7.11 Å². The second kappa shape index (κ2) is 8.97. The molecule has 3 rings (SSSR count). The van der Waals surface area contributed by atoms with Gasteiger partial charge in [0.15, 0.2) is 6.61 Å². The maximum Gasteiger partial charge on any atom is 0.339 e. The summed E-state index contributed by atoms with van der Waals surface area (Å²) >= 11 is 0. The van der Waals surface area contributed by atoms with Crippen molar-refractivity contribution in [2.24, 2.45) is 0 Å². The summed E-state index contributed by atoms with van der Waals surface area (Å²) in [6.07, 6.45) is 0. The summed E-state index contributed by atoms with van der Waals surface area (Å²) in [6, 6.07) is 15.6. The first-order valence-electron chi connectivity index (χ1n) is 8.95. The van der Waals surface area contributed by atoms with Crippen LogP contribution in [0.1, 0.15) is 32.0 Å². The minimum atomic E-state index is -0.579. The number of amides is 1. The molecule has 0 spiro atoms. The van der Waals surface area contributed by atoms with Crippen molar-refractivity contribution in [3.63, 3.8) is 0 Å². The number of benzene rings is 2. The Morgan fingerprint density at radius 2 is 1.72 bits per heavy atom. The number of methoxy groups -OCH3 is 1. The lowest BCUT2D eigenvalue weighted by Crippen LogP contribution is -2.28. The highest BCUT2D eigenvalue weighted by Gasteiger charge is 2.15. The molecule has 0 unspecified atom stereocenters. The van der Waals surface area contributed by atoms with Crippen molar-refractivity contribution in [3.05, 3.63) is 77.0 Å². The minimum Gasteiger partial charge on any atom is -0.465 e. The Kier molecular flexibility index (Phi) is 6.19. The molecule has 2 aromatic carbocycles. The van der Waals surface area contributed by atoms with Crippen LogP contribution in [0.5, 0.6) is 0 Å². The highest BCUT2D eigenvalue weighted by atomic mass is 16.5. The summed E-state index contributed by atoms with van der Waals surface area (Å²) in [5.74, 6) is -1.43. The Morgan fingerprint density at radius 1 is 1.00 bits per heavy atom. The summed E-state index contributed by atoms with van der Waals surface area (Å²) < 4.78 is 9.80. The second-order valence-electron chi connectivity index (χ2n) is 6.37. The van der Waals surface area contributed by atoms with E-state index in [0.29, 0.717) is 27.7 Å². The predicted molar refractivity (Wildman–Crippen MR) is 106 cm³/mol. The average Bonchev–Trinajstić information content (AvgIpc) is 2.75. The molecule has 1 amide bonds. The number of nitrogens with one attached hydrogen (secondary N) is 1. The van der Waals surface area contributed by atoms with Gasteiger partial charge < -0.3 is 14.8 Å². The molecule has 0 fully saturated rings. The van der Waals surface area contributed by atoms with Gasteiger partial charge in [0.1, 0.15) is 0 Å². The van der Waals surface area contributed by atoms with Crippen LogP contribution < -0.4 is 5.32 Å². The number of para-hydroxylation sites is 1. The number of ether oxygens (including phenoxy) is 2. The van der Waals surface area contributed by atoms with Gasteiger partial charge >= 0.3 is 11.9 Å². The van der Waals surface area contributed by atoms with Crippen LogP contribution >= 0.6 is 0 Å². The fourth-order valence-electron chi connectivity index (χ4n) is 2.81. The van der Waals surface area contributed by atoms with Gasteiger partial charge in [0.2, 0.25) is 0 Å². The molecule has 0 radical (unpaired) electrons. The molecule has 3 aromatic rings. The van der Waals surface area contributed by atoms with Crippen LogP contribution in [0.25, 0.3) is 10.9 Å². The Balaban J connectivity index is 1.56. The van der Waals surface area contributed by atoms with Crippen LogP contribution in [0.3, 0.4) is 0 Å². The summed E-state index contributed by atoms with van der Waals surface area (Å²) in [5.41, 5.74) is 2.98. The Bertz CT molecular complexity index is 1060. The lowest BCUT2D eigenvalue weighted by atomic mass is 10.1. The van der Waals surface area contributed by atoms with E-state index < -0.39 is 24.5 Å². The molecule has 1 N–H and O–H groups in total. The molecule has 0 aliphatic carbocycles. The summed E-state index contributed by atoms with van der Waals surface area (Å²) in [5, 5.41) is 3.35. The molecule has 0 atom stereocenters. The molecule has 148 valence electrons. The fraction of sp³-hybridized carbons (Fsp3) is 0.182. The maximum absolute atomic E-state index is 12.4. The lowest BCUT2D eigenvalue weighted by Gasteiger charge is -2.09. The molecular weight excluding hydrogens is 372 g/mol. The number of pyridine rings is 1. The van der Waals surface area contributed by atoms with Crippen molar-refractivity contribution in [1.82, 2.24) is 10.3 Å². The zero-order valence-electron chi connectivity index (χ0n) is 16.1. The van der Waals surface area contributed by atoms with Gasteiger partial charge in [-0.25, -0.2) is 9.59 Å². The van der Waals surface area contributed by atoms with E-state index in [1.807, 2.05) is 18.2 Å². The number of rotatable bonds is 6. The second-order valence-corrected chi connectivity index (χ2v) is 6.37. The van der Waals surface area contributed by atoms with Crippen LogP contribution in [0.2, 0.25) is 0 Å². The third kappa shape index (κ3) is 4.95. The van der Waals surface area contributed by atoms with Crippen LogP contribution in [0.4, 0.5) is 0 Å². The SMILES string of the molecule is COC(=O)c1ccc(CNC(=O)COC(=O)c2cc(C)nc3ccccc23)cc1. The molecule has 29 heavy (non-hydrogen) atoms. The van der Waals surface area contributed by atoms with E-state index in [1.54, 1.807) is 43.3 Å². The van der Waals surface area contributed by atoms with Gasteiger partial charge in [-0.2, -0.15) is 0 Å². The number of aryl methyl sites for hydroxylation is 1. The molecule has 0 saturated heterocycles. The van der Waals surface area contributed by atoms with Gasteiger partial charge in [-0.3, -0.25) is 9.78 Å². The predicted octanol–water partition coefficient (Wildman–Crippen LogP) is 2.80. The molecule has 7 nitrogen and oxygen atoms in total. The topological polar surface area (TPSA) is 94.6 Å². The summed E-state index contributed by atoms with van der Waals surface area (Å²) in [7, 11) is 1.31. The molecule has 0 saturated carbocycles. The van der Waals surface area contributed by atoms with E-state index >= 15 is 0 Å². The van der Waals surface area contributed by atoms with Crippen LogP contribution in [-0.2, 0) is 20.8 Å². The smallest absolute Gasteiger partial charge is 0.339 e. The fourth-order valence-corrected chi connectivity index (χ4v) is 2.81. The van der Waals surface area contributed by atoms with E-state index in [-0.39, 0.29) is 6.54 Å². The first-order valence-corrected chi connectivity index (χ1v) is 8.95. The normalized spacial score (nSPS) is 10.4. The Hall–Kier alpha value is -3.74. The van der Waals surface area contributed by atoms with Gasteiger partial charge in [0.25, 0.3) is 5.91 Å². The average molecular weight is 392 g/mol. The largest absolute Gasteiger partial charge is 0.465 e. The van der Waals surface area contributed by atoms with Crippen molar-refractivity contribution < 1.29 is 23.9 Å². The van der Waals surface area contributed by atoms with E-state index in [9.17, 15) is 14.4 Å². The lowest BCUT2D eigenvalue weighted by molar-refractivity contribution is -0.124. The first-order chi connectivity index (χ1) is 14.0. The number of esters is 2. The number of hydrogen-bond acceptors (Lipinski definition) is 6. The van der Waals surface area contributed by atoms with Crippen LogP contribution in [-0.4, -0.2) is 36.5 Å². The summed E-state index contributed by atoms with van der Waals surface area (Å²) in [6.45, 7) is 1.64. The minimum absolute atomic E-state index is 0.245. The molecule has 0 bridgehead atoms. The Labute approximate surface area is 167 Å². The zero-order chi connectivity index (χ0) is 20.8. The highest BCUT2D eigenvalue weighted by molar-refractivity contribution is 6.04. The van der Waals surface area contributed by atoms with Gasteiger partial charge in [-0.15, -0.1) is 0 Å². The van der Waals surface area contributed by atoms with Crippen LogP contribution in [0, 0.1) is 6.92 Å². The van der Waals surface area contributed by atoms with Crippen LogP contribution in [0.15, 0.2) is 54.6 Å². The molecule has 7 heteroatoms. The van der Waals surface area contributed by atoms with Gasteiger partial charge in [-0.05, 0) is 36.8 Å². The third-order valence-corrected chi connectivity index (χ3v) is 4.26. The molecule has 0 aliphatic rings. The molecule has 1 heterocycles. The third-order valence-electron chi connectivity index (χ3n) is 4.26. The standard InChI is InChI=1S/C22H20N2O5/c1-14-11-18(17-5-3-4-6-19(17)24-14)22(27)29-13-20(25)23-12-15-7-9-16(10-8-15)21(26)28-2/h3-11H,12-13H2,1-2H3,(H,23,25). The van der Waals surface area contributed by atoms with Gasteiger partial charge in [0, 0.05) is 17.6 Å². The maximum atomic E-state index is 12.4. The Morgan fingerprint density at radius 3 is 2.45 bits per heavy atom. The van der Waals surface area contributed by atoms with E-state index in [2.05, 4.69) is 15.0 Å². The van der Waals surface area contributed by atoms with Crippen molar-refractivity contribution in [2.75, 3.05) is 13.7 Å². The number of carbonyl (C=O) groups excluding carboxylic acids is 3. The number of aromatic nitrogens is 1. The first kappa shape index (κ1) is 20.0. The van der Waals surface area contributed by atoms with Crippen molar-refractivity contribution in [3.8, 4) is 0 Å². The van der Waals surface area contributed by atoms with Gasteiger partial charge in [0.05, 0.1) is 23.8 Å². The monoisotopic (exact) mass is 392 g/mol. The number of carbonyl (C=O) groups is 3. The van der Waals surface area contributed by atoms with Crippen molar-refractivity contribution in [2.45, 2.75) is 13.5 Å². The number of nitrogens with zero attached hydrogens (tertiary/aromatic N) is 1. The highest BCUT2D eigenvalue weighted by Crippen LogP contribution is 2.19. The molecular formula is C22H20N2O5. The summed E-state index contributed by atoms with van der Waals surface area (Å²) in [4.78, 5) is 40.3. The van der Waals surface area contributed by atoms with E-state index in [4.69, 9.17) is 4.74 Å². The zero-order valence-corrected chi connectivity index (χ0v) is 16.1. The molecule has 0 aliphatic heterocycles. The molecule has 1 aromatic heterocycles. The van der Waals surface area contributed by atoms with Gasteiger partial charge in [-0.1, -0.05) is 30.3 Å². The van der Waals surface area contributed by atoms with Crippen molar-refractivity contribution in [1.29, 1.82) is 0 Å². The van der Waals surface area contributed by atoms with E-state index in [0.717, 1.165) is 5.56 Å². The quantitative estimate of drug-likeness (QED) is 0.648. The van der Waals surface area contributed by atoms with Crippen molar-refractivity contribution >= 4 is 28.7 Å².